The average Bonchev–Trinajstić information content (AvgIpc) is 2.85. The summed E-state index contributed by atoms with van der Waals surface area (Å²) in [6, 6.07) is 0. The molecule has 0 bridgehead atoms. The molecule has 2 rings (SSSR count). The first-order valence-electron chi connectivity index (χ1n) is 10.4. The monoisotopic (exact) mass is 306 g/mol. The van der Waals surface area contributed by atoms with Crippen molar-refractivity contribution in [3.05, 3.63) is 0 Å². The molecule has 0 aliphatic heterocycles. The Morgan fingerprint density at radius 2 is 1.59 bits per heavy atom. The molecule has 0 nitrogen and oxygen atoms in total. The van der Waals surface area contributed by atoms with Crippen LogP contribution in [0.3, 0.4) is 0 Å². The summed E-state index contributed by atoms with van der Waals surface area (Å²) in [5, 5.41) is 0. The molecule has 0 radical (unpaired) electrons. The van der Waals surface area contributed by atoms with Gasteiger partial charge in [-0.2, -0.15) is 0 Å². The lowest BCUT2D eigenvalue weighted by Gasteiger charge is -2.45. The summed E-state index contributed by atoms with van der Waals surface area (Å²) in [4.78, 5) is 0. The van der Waals surface area contributed by atoms with Crippen molar-refractivity contribution >= 4 is 0 Å². The van der Waals surface area contributed by atoms with Gasteiger partial charge in [-0.15, -0.1) is 0 Å². The Labute approximate surface area is 140 Å². The zero-order valence-corrected chi connectivity index (χ0v) is 16.4. The van der Waals surface area contributed by atoms with Crippen LogP contribution in [0.4, 0.5) is 0 Å². The maximum Gasteiger partial charge on any atom is -0.0269 e. The molecule has 0 heteroatoms. The summed E-state index contributed by atoms with van der Waals surface area (Å²) in [6.45, 7) is 15.0. The summed E-state index contributed by atoms with van der Waals surface area (Å²) in [5.74, 6) is 3.92. The molecule has 0 aromatic heterocycles. The van der Waals surface area contributed by atoms with E-state index >= 15 is 0 Å². The Bertz CT molecular complexity index is 336. The quantitative estimate of drug-likeness (QED) is 0.477. The van der Waals surface area contributed by atoms with E-state index in [2.05, 4.69) is 41.5 Å². The fourth-order valence-corrected chi connectivity index (χ4v) is 6.21. The number of hydrogen-bond donors (Lipinski definition) is 0. The zero-order valence-electron chi connectivity index (χ0n) is 16.4. The van der Waals surface area contributed by atoms with E-state index in [4.69, 9.17) is 0 Å². The molecule has 2 aliphatic rings. The highest BCUT2D eigenvalue weighted by molar-refractivity contribution is 4.97. The second kappa shape index (κ2) is 7.27. The highest BCUT2D eigenvalue weighted by atomic mass is 14.5. The van der Waals surface area contributed by atoms with Crippen molar-refractivity contribution in [1.82, 2.24) is 0 Å². The first kappa shape index (κ1) is 18.3. The average molecular weight is 307 g/mol. The lowest BCUT2D eigenvalue weighted by Crippen LogP contribution is -2.36. The van der Waals surface area contributed by atoms with Gasteiger partial charge in [-0.25, -0.2) is 0 Å². The van der Waals surface area contributed by atoms with Crippen LogP contribution in [0.2, 0.25) is 0 Å². The zero-order chi connectivity index (χ0) is 16.4. The van der Waals surface area contributed by atoms with Gasteiger partial charge in [-0.1, -0.05) is 73.6 Å². The largest absolute Gasteiger partial charge is 0.0651 e. The maximum absolute atomic E-state index is 2.63. The predicted molar refractivity (Wildman–Crippen MR) is 99.0 cm³/mol. The minimum atomic E-state index is 0.619. The molecule has 4 atom stereocenters. The van der Waals surface area contributed by atoms with E-state index in [1.807, 2.05) is 0 Å². The van der Waals surface area contributed by atoms with E-state index in [1.54, 1.807) is 0 Å². The molecule has 22 heavy (non-hydrogen) atoms. The van der Waals surface area contributed by atoms with E-state index in [9.17, 15) is 0 Å². The third kappa shape index (κ3) is 3.57. The maximum atomic E-state index is 2.63. The Hall–Kier alpha value is 0. The van der Waals surface area contributed by atoms with Crippen molar-refractivity contribution < 1.29 is 0 Å². The van der Waals surface area contributed by atoms with E-state index in [0.29, 0.717) is 10.8 Å². The molecular formula is C22H42. The molecule has 0 spiro atoms. The minimum absolute atomic E-state index is 0.619. The minimum Gasteiger partial charge on any atom is -0.0651 e. The summed E-state index contributed by atoms with van der Waals surface area (Å²) in [7, 11) is 0. The van der Waals surface area contributed by atoms with Crippen LogP contribution in [0.15, 0.2) is 0 Å². The van der Waals surface area contributed by atoms with Gasteiger partial charge < -0.3 is 0 Å². The topological polar surface area (TPSA) is 0 Å². The van der Waals surface area contributed by atoms with Gasteiger partial charge in [0, 0.05) is 0 Å². The molecule has 0 aromatic rings. The molecule has 0 amide bonds. The molecule has 0 heterocycles. The van der Waals surface area contributed by atoms with Crippen LogP contribution in [0.5, 0.6) is 0 Å². The van der Waals surface area contributed by atoms with Crippen molar-refractivity contribution in [3.63, 3.8) is 0 Å². The van der Waals surface area contributed by atoms with Crippen molar-refractivity contribution in [1.29, 1.82) is 0 Å². The molecule has 0 saturated heterocycles. The van der Waals surface area contributed by atoms with Gasteiger partial charge in [-0.3, -0.25) is 0 Å². The van der Waals surface area contributed by atoms with Gasteiger partial charge in [0.05, 0.1) is 0 Å². The lowest BCUT2D eigenvalue weighted by molar-refractivity contribution is 0.0524. The van der Waals surface area contributed by atoms with Gasteiger partial charge in [-0.05, 0) is 66.6 Å². The highest BCUT2D eigenvalue weighted by Crippen LogP contribution is 2.57. The lowest BCUT2D eigenvalue weighted by atomic mass is 9.60. The van der Waals surface area contributed by atoms with Crippen LogP contribution in [0, 0.1) is 34.5 Å². The van der Waals surface area contributed by atoms with Crippen LogP contribution in [-0.4, -0.2) is 0 Å². The van der Waals surface area contributed by atoms with Crippen molar-refractivity contribution in [3.8, 4) is 0 Å². The number of hydrogen-bond acceptors (Lipinski definition) is 0. The van der Waals surface area contributed by atoms with Crippen LogP contribution in [0.25, 0.3) is 0 Å². The second-order valence-corrected chi connectivity index (χ2v) is 9.51. The number of rotatable bonds is 6. The van der Waals surface area contributed by atoms with Crippen LogP contribution >= 0.6 is 0 Å². The molecular weight excluding hydrogens is 264 g/mol. The van der Waals surface area contributed by atoms with Crippen molar-refractivity contribution in [2.75, 3.05) is 0 Å². The Kier molecular flexibility index (Phi) is 6.06. The molecule has 2 saturated carbocycles. The van der Waals surface area contributed by atoms with E-state index in [0.717, 1.165) is 23.7 Å². The smallest absolute Gasteiger partial charge is 0.0269 e. The summed E-state index contributed by atoms with van der Waals surface area (Å²) in [5.41, 5.74) is 1.26. The van der Waals surface area contributed by atoms with E-state index in [1.165, 1.54) is 64.2 Å². The van der Waals surface area contributed by atoms with Crippen LogP contribution < -0.4 is 0 Å². The summed E-state index contributed by atoms with van der Waals surface area (Å²) in [6.07, 6.45) is 14.6. The fraction of sp³-hybridized carbons (Fsp3) is 1.00. The molecule has 2 fully saturated rings. The SMILES string of the molecule is CCC(CC1(C)CCC(C)CC1)C1CCC(CC)C1(C)CC. The fourth-order valence-electron chi connectivity index (χ4n) is 6.21. The Balaban J connectivity index is 2.08. The Morgan fingerprint density at radius 1 is 0.955 bits per heavy atom. The van der Waals surface area contributed by atoms with Gasteiger partial charge in [0.2, 0.25) is 0 Å². The highest BCUT2D eigenvalue weighted by Gasteiger charge is 2.48. The third-order valence-electron chi connectivity index (χ3n) is 8.19. The predicted octanol–water partition coefficient (Wildman–Crippen LogP) is 7.47. The second-order valence-electron chi connectivity index (χ2n) is 9.51. The Morgan fingerprint density at radius 3 is 2.09 bits per heavy atom. The summed E-state index contributed by atoms with van der Waals surface area (Å²) >= 11 is 0. The molecule has 0 N–H and O–H groups in total. The van der Waals surface area contributed by atoms with E-state index in [-0.39, 0.29) is 0 Å². The van der Waals surface area contributed by atoms with Crippen LogP contribution in [-0.2, 0) is 0 Å². The third-order valence-corrected chi connectivity index (χ3v) is 8.19. The first-order valence-corrected chi connectivity index (χ1v) is 10.4. The van der Waals surface area contributed by atoms with Crippen molar-refractivity contribution in [2.24, 2.45) is 34.5 Å². The van der Waals surface area contributed by atoms with Gasteiger partial charge in [0.15, 0.2) is 0 Å². The molecule has 2 aliphatic carbocycles. The van der Waals surface area contributed by atoms with Crippen LogP contribution in [0.1, 0.15) is 106 Å². The molecule has 4 unspecified atom stereocenters. The van der Waals surface area contributed by atoms with Gasteiger partial charge in [0.25, 0.3) is 0 Å². The van der Waals surface area contributed by atoms with E-state index < -0.39 is 0 Å². The summed E-state index contributed by atoms with van der Waals surface area (Å²) < 4.78 is 0. The van der Waals surface area contributed by atoms with Crippen molar-refractivity contribution in [2.45, 2.75) is 106 Å². The molecule has 0 aromatic carbocycles. The normalized spacial score (nSPS) is 44.2. The van der Waals surface area contributed by atoms with Gasteiger partial charge in [0.1, 0.15) is 0 Å². The molecule has 130 valence electrons. The standard InChI is InChI=1S/C22H42/c1-7-18(16-21(5)14-12-17(4)13-15-21)20-11-10-19(8-2)22(20,6)9-3/h17-20H,7-16H2,1-6H3. The van der Waals surface area contributed by atoms with Gasteiger partial charge >= 0.3 is 0 Å². The first-order chi connectivity index (χ1) is 10.4.